The first-order valence-corrected chi connectivity index (χ1v) is 10.4. The van der Waals surface area contributed by atoms with Crippen LogP contribution >= 0.6 is 24.0 Å². The minimum Gasteiger partial charge on any atom is -0.482 e. The van der Waals surface area contributed by atoms with Crippen LogP contribution in [0.2, 0.25) is 0 Å². The Balaban J connectivity index is 2.32. The maximum atomic E-state index is 12.9. The number of aliphatic carboxylic acids is 2. The van der Waals surface area contributed by atoms with E-state index in [2.05, 4.69) is 0 Å². The van der Waals surface area contributed by atoms with Crippen LogP contribution < -0.4 is 4.74 Å². The summed E-state index contributed by atoms with van der Waals surface area (Å²) in [6.07, 6.45) is 0.711. The molecule has 0 radical (unpaired) electrons. The Morgan fingerprint density at radius 1 is 1.27 bits per heavy atom. The maximum absolute atomic E-state index is 12.9. The molecule has 2 unspecified atom stereocenters. The van der Waals surface area contributed by atoms with Crippen LogP contribution in [0.25, 0.3) is 6.08 Å². The van der Waals surface area contributed by atoms with Gasteiger partial charge in [-0.25, -0.2) is 4.79 Å². The highest BCUT2D eigenvalue weighted by Crippen LogP contribution is 2.36. The van der Waals surface area contributed by atoms with Crippen molar-refractivity contribution in [2.24, 2.45) is 0 Å². The van der Waals surface area contributed by atoms with E-state index in [4.69, 9.17) is 22.1 Å². The zero-order chi connectivity index (χ0) is 22.4. The number of thioether (sulfide) groups is 1. The fourth-order valence-corrected chi connectivity index (χ4v) is 4.17. The van der Waals surface area contributed by atoms with Crippen LogP contribution in [0.5, 0.6) is 5.75 Å². The summed E-state index contributed by atoms with van der Waals surface area (Å²) < 4.78 is 5.82. The van der Waals surface area contributed by atoms with Crippen LogP contribution in [-0.2, 0) is 19.2 Å². The second-order valence-corrected chi connectivity index (χ2v) is 8.18. The van der Waals surface area contributed by atoms with Crippen molar-refractivity contribution in [2.75, 3.05) is 0 Å². The van der Waals surface area contributed by atoms with Crippen molar-refractivity contribution in [1.29, 1.82) is 0 Å². The molecule has 0 aliphatic carbocycles. The largest absolute Gasteiger partial charge is 0.482 e. The van der Waals surface area contributed by atoms with E-state index in [-0.39, 0.29) is 21.4 Å². The molecule has 1 saturated heterocycles. The summed E-state index contributed by atoms with van der Waals surface area (Å²) in [5.41, 5.74) is 0.537. The van der Waals surface area contributed by atoms with Gasteiger partial charge in [0, 0.05) is 12.0 Å². The van der Waals surface area contributed by atoms with Crippen LogP contribution in [0.4, 0.5) is 0 Å². The van der Waals surface area contributed by atoms with E-state index in [0.29, 0.717) is 17.7 Å². The summed E-state index contributed by atoms with van der Waals surface area (Å²) in [6.45, 7) is 3.26. The van der Waals surface area contributed by atoms with Gasteiger partial charge in [-0.2, -0.15) is 0 Å². The van der Waals surface area contributed by atoms with Gasteiger partial charge in [-0.3, -0.25) is 19.3 Å². The molecule has 0 bridgehead atoms. The number of carbonyl (C=O) groups is 4. The molecule has 0 saturated carbocycles. The third-order valence-corrected chi connectivity index (χ3v) is 5.68. The SMILES string of the molecule is CCC(Oc1ccccc1/C=C1\SC(=S)N(C(CCC(=O)O)C(=O)O)C1=O)C(C)=O. The fourth-order valence-electron chi connectivity index (χ4n) is 2.83. The third-order valence-electron chi connectivity index (χ3n) is 4.35. The highest BCUT2D eigenvalue weighted by molar-refractivity contribution is 8.26. The van der Waals surface area contributed by atoms with Crippen LogP contribution in [-0.4, -0.2) is 55.2 Å². The van der Waals surface area contributed by atoms with Gasteiger partial charge in [0.15, 0.2) is 11.9 Å². The quantitative estimate of drug-likeness (QED) is 0.408. The maximum Gasteiger partial charge on any atom is 0.326 e. The molecule has 1 aliphatic heterocycles. The first-order valence-electron chi connectivity index (χ1n) is 9.13. The molecular weight excluding hydrogens is 430 g/mol. The number of thiocarbonyl (C=S) groups is 1. The van der Waals surface area contributed by atoms with Crippen molar-refractivity contribution in [3.05, 3.63) is 34.7 Å². The Morgan fingerprint density at radius 3 is 2.50 bits per heavy atom. The number of rotatable bonds is 10. The van der Waals surface area contributed by atoms with Crippen LogP contribution in [0.3, 0.4) is 0 Å². The minimum atomic E-state index is -1.37. The van der Waals surface area contributed by atoms with Gasteiger partial charge < -0.3 is 14.9 Å². The molecule has 1 heterocycles. The predicted octanol–water partition coefficient (Wildman–Crippen LogP) is 2.95. The molecular formula is C20H21NO7S2. The number of ketones is 1. The van der Waals surface area contributed by atoms with Gasteiger partial charge >= 0.3 is 11.9 Å². The van der Waals surface area contributed by atoms with E-state index < -0.39 is 36.4 Å². The summed E-state index contributed by atoms with van der Waals surface area (Å²) in [6, 6.07) is 5.48. The lowest BCUT2D eigenvalue weighted by atomic mass is 10.1. The highest BCUT2D eigenvalue weighted by Gasteiger charge is 2.40. The molecule has 30 heavy (non-hydrogen) atoms. The van der Waals surface area contributed by atoms with Gasteiger partial charge in [0.05, 0.1) is 4.91 Å². The second kappa shape index (κ2) is 10.4. The van der Waals surface area contributed by atoms with Crippen molar-refractivity contribution in [1.82, 2.24) is 4.90 Å². The second-order valence-electron chi connectivity index (χ2n) is 6.50. The van der Waals surface area contributed by atoms with Gasteiger partial charge in [-0.1, -0.05) is 49.1 Å². The van der Waals surface area contributed by atoms with Gasteiger partial charge in [-0.05, 0) is 31.9 Å². The lowest BCUT2D eigenvalue weighted by Crippen LogP contribution is -2.44. The summed E-state index contributed by atoms with van der Waals surface area (Å²) in [5, 5.41) is 18.3. The monoisotopic (exact) mass is 451 g/mol. The summed E-state index contributed by atoms with van der Waals surface area (Å²) >= 11 is 6.11. The zero-order valence-corrected chi connectivity index (χ0v) is 18.0. The topological polar surface area (TPSA) is 121 Å². The molecule has 8 nitrogen and oxygen atoms in total. The highest BCUT2D eigenvalue weighted by atomic mass is 32.2. The molecule has 2 rings (SSSR count). The van der Waals surface area contributed by atoms with Gasteiger partial charge in [0.2, 0.25) is 0 Å². The molecule has 0 aromatic heterocycles. The summed E-state index contributed by atoms with van der Waals surface area (Å²) in [7, 11) is 0. The minimum absolute atomic E-state index is 0.0395. The lowest BCUT2D eigenvalue weighted by molar-refractivity contribution is -0.146. The van der Waals surface area contributed by atoms with Gasteiger partial charge in [-0.15, -0.1) is 0 Å². The Bertz CT molecular complexity index is 912. The van der Waals surface area contributed by atoms with E-state index in [0.717, 1.165) is 16.7 Å². The third kappa shape index (κ3) is 5.67. The van der Waals surface area contributed by atoms with Crippen LogP contribution in [0, 0.1) is 0 Å². The number of hydrogen-bond acceptors (Lipinski definition) is 7. The van der Waals surface area contributed by atoms with Crippen LogP contribution in [0.1, 0.15) is 38.7 Å². The number of benzene rings is 1. The Hall–Kier alpha value is -2.72. The average Bonchev–Trinajstić information content (AvgIpc) is 2.94. The number of ether oxygens (including phenoxy) is 1. The van der Waals surface area contributed by atoms with Crippen molar-refractivity contribution in [3.63, 3.8) is 0 Å². The van der Waals surface area contributed by atoms with E-state index in [1.807, 2.05) is 6.92 Å². The molecule has 1 aliphatic rings. The molecule has 2 N–H and O–H groups in total. The van der Waals surface area contributed by atoms with Crippen molar-refractivity contribution >= 4 is 58.0 Å². The normalized spacial score (nSPS) is 17.1. The smallest absolute Gasteiger partial charge is 0.326 e. The van der Waals surface area contributed by atoms with Gasteiger partial charge in [0.25, 0.3) is 5.91 Å². The van der Waals surface area contributed by atoms with E-state index in [1.54, 1.807) is 24.3 Å². The standard InChI is InChI=1S/C20H21NO7S2/c1-3-14(11(2)22)28-15-7-5-4-6-12(15)10-16-18(25)21(20(29)30-16)13(19(26)27)8-9-17(23)24/h4-7,10,13-14H,3,8-9H2,1-2H3,(H,23,24)(H,26,27)/b16-10-. The summed E-state index contributed by atoms with van der Waals surface area (Å²) in [4.78, 5) is 48.1. The number of amides is 1. The number of carboxylic acid groups (broad SMARTS) is 2. The molecule has 1 aromatic carbocycles. The van der Waals surface area contributed by atoms with Crippen molar-refractivity contribution < 1.29 is 34.1 Å². The number of carboxylic acids is 2. The number of carbonyl (C=O) groups excluding carboxylic acids is 2. The molecule has 1 amide bonds. The molecule has 0 spiro atoms. The van der Waals surface area contributed by atoms with Crippen molar-refractivity contribution in [2.45, 2.75) is 45.3 Å². The van der Waals surface area contributed by atoms with E-state index in [9.17, 15) is 24.3 Å². The number of para-hydroxylation sites is 1. The number of Topliss-reactive ketones (excluding diaryl/α,β-unsaturated/α-hetero) is 1. The Labute approximate surface area is 182 Å². The zero-order valence-electron chi connectivity index (χ0n) is 16.4. The molecule has 160 valence electrons. The van der Waals surface area contributed by atoms with Crippen molar-refractivity contribution in [3.8, 4) is 5.75 Å². The van der Waals surface area contributed by atoms with E-state index in [1.165, 1.54) is 13.0 Å². The molecule has 1 aromatic rings. The van der Waals surface area contributed by atoms with E-state index >= 15 is 0 Å². The van der Waals surface area contributed by atoms with Crippen LogP contribution in [0.15, 0.2) is 29.2 Å². The predicted molar refractivity (Wildman–Crippen MR) is 115 cm³/mol. The van der Waals surface area contributed by atoms with Gasteiger partial charge in [0.1, 0.15) is 16.1 Å². The molecule has 2 atom stereocenters. The first kappa shape index (κ1) is 23.6. The molecule has 1 fully saturated rings. The fraction of sp³-hybridized carbons (Fsp3) is 0.350. The average molecular weight is 452 g/mol. The first-order chi connectivity index (χ1) is 14.1. The number of nitrogens with zero attached hydrogens (tertiary/aromatic N) is 1. The summed E-state index contributed by atoms with van der Waals surface area (Å²) in [5.74, 6) is -2.82. The lowest BCUT2D eigenvalue weighted by Gasteiger charge is -2.22. The Morgan fingerprint density at radius 2 is 1.93 bits per heavy atom. The molecule has 10 heteroatoms. The Kier molecular flexibility index (Phi) is 8.13. The number of hydrogen-bond donors (Lipinski definition) is 2.